The molecular weight excluding hydrogens is 287 g/mol. The van der Waals surface area contributed by atoms with E-state index in [0.717, 1.165) is 16.3 Å². The lowest BCUT2D eigenvalue weighted by Crippen LogP contribution is -2.15. The van der Waals surface area contributed by atoms with Gasteiger partial charge in [0.15, 0.2) is 5.82 Å². The number of aromatic carboxylic acids is 1. The monoisotopic (exact) mass is 299 g/mol. The normalized spacial score (nSPS) is 11.7. The molecule has 0 aliphatic carbocycles. The number of halogens is 3. The molecule has 0 unspecified atom stereocenters. The van der Waals surface area contributed by atoms with E-state index in [1.54, 1.807) is 20.8 Å². The van der Waals surface area contributed by atoms with Crippen LogP contribution in [0.3, 0.4) is 0 Å². The molecule has 0 atom stereocenters. The first-order valence-electron chi connectivity index (χ1n) is 5.97. The highest BCUT2D eigenvalue weighted by Crippen LogP contribution is 2.29. The van der Waals surface area contributed by atoms with Crippen molar-refractivity contribution in [1.29, 1.82) is 0 Å². The fourth-order valence-corrected chi connectivity index (χ4v) is 1.86. The summed E-state index contributed by atoms with van der Waals surface area (Å²) in [7, 11) is 0. The van der Waals surface area contributed by atoms with Crippen LogP contribution in [0.2, 0.25) is 0 Å². The molecule has 112 valence electrons. The summed E-state index contributed by atoms with van der Waals surface area (Å²) in [6.07, 6.45) is -4.66. The molecule has 2 rings (SSSR count). The maximum absolute atomic E-state index is 12.8. The number of pyridine rings is 1. The predicted octanol–water partition coefficient (Wildman–Crippen LogP) is 2.91. The highest BCUT2D eigenvalue weighted by atomic mass is 19.4. The Morgan fingerprint density at radius 3 is 2.29 bits per heavy atom. The van der Waals surface area contributed by atoms with Gasteiger partial charge in [-0.25, -0.2) is 14.5 Å². The van der Waals surface area contributed by atoms with Crippen molar-refractivity contribution in [1.82, 2.24) is 14.8 Å². The third-order valence-electron chi connectivity index (χ3n) is 3.25. The van der Waals surface area contributed by atoms with Crippen LogP contribution in [-0.2, 0) is 6.18 Å². The van der Waals surface area contributed by atoms with Gasteiger partial charge in [0.25, 0.3) is 0 Å². The Bertz CT molecular complexity index is 720. The second kappa shape index (κ2) is 4.87. The first-order valence-corrected chi connectivity index (χ1v) is 5.97. The van der Waals surface area contributed by atoms with Crippen molar-refractivity contribution in [3.05, 3.63) is 40.3 Å². The summed E-state index contributed by atoms with van der Waals surface area (Å²) in [6.45, 7) is 5.08. The van der Waals surface area contributed by atoms with Crippen molar-refractivity contribution in [2.24, 2.45) is 0 Å². The van der Waals surface area contributed by atoms with Crippen LogP contribution in [0.5, 0.6) is 0 Å². The Hall–Kier alpha value is -2.38. The molecule has 21 heavy (non-hydrogen) atoms. The van der Waals surface area contributed by atoms with Crippen molar-refractivity contribution in [2.45, 2.75) is 26.9 Å². The first kappa shape index (κ1) is 15.0. The molecule has 0 spiro atoms. The van der Waals surface area contributed by atoms with Gasteiger partial charge in [0.05, 0.1) is 5.69 Å². The molecule has 8 heteroatoms. The molecule has 2 aromatic rings. The summed E-state index contributed by atoms with van der Waals surface area (Å²) >= 11 is 0. The Morgan fingerprint density at radius 2 is 1.86 bits per heavy atom. The summed E-state index contributed by atoms with van der Waals surface area (Å²) in [5, 5.41) is 13.2. The van der Waals surface area contributed by atoms with Gasteiger partial charge in [-0.15, -0.1) is 0 Å². The zero-order valence-electron chi connectivity index (χ0n) is 11.5. The zero-order valence-corrected chi connectivity index (χ0v) is 11.5. The van der Waals surface area contributed by atoms with E-state index in [4.69, 9.17) is 5.11 Å². The standard InChI is InChI=1S/C13H12F3N3O2/c1-6-7(2)18-19(8(6)3)11-9(12(20)21)4-5-10(17-11)13(14,15)16/h4-5H,1-3H3,(H,20,21). The van der Waals surface area contributed by atoms with Gasteiger partial charge in [0, 0.05) is 5.69 Å². The number of carbonyl (C=O) groups is 1. The van der Waals surface area contributed by atoms with Crippen LogP contribution in [0, 0.1) is 20.8 Å². The Labute approximate surface area is 118 Å². The van der Waals surface area contributed by atoms with E-state index >= 15 is 0 Å². The first-order chi connectivity index (χ1) is 9.62. The zero-order chi connectivity index (χ0) is 15.9. The second-order valence-electron chi connectivity index (χ2n) is 4.58. The number of hydrogen-bond donors (Lipinski definition) is 1. The molecule has 0 saturated heterocycles. The largest absolute Gasteiger partial charge is 0.478 e. The molecule has 0 radical (unpaired) electrons. The Morgan fingerprint density at radius 1 is 1.24 bits per heavy atom. The maximum Gasteiger partial charge on any atom is 0.433 e. The fraction of sp³-hybridized carbons (Fsp3) is 0.308. The summed E-state index contributed by atoms with van der Waals surface area (Å²) in [6, 6.07) is 1.53. The average Bonchev–Trinajstić information content (AvgIpc) is 2.64. The molecular formula is C13H12F3N3O2. The van der Waals surface area contributed by atoms with E-state index in [0.29, 0.717) is 17.5 Å². The predicted molar refractivity (Wildman–Crippen MR) is 67.5 cm³/mol. The van der Waals surface area contributed by atoms with E-state index < -0.39 is 17.8 Å². The van der Waals surface area contributed by atoms with Gasteiger partial charge >= 0.3 is 12.1 Å². The van der Waals surface area contributed by atoms with E-state index in [9.17, 15) is 18.0 Å². The number of rotatable bonds is 2. The highest BCUT2D eigenvalue weighted by Gasteiger charge is 2.34. The van der Waals surface area contributed by atoms with Crippen molar-refractivity contribution in [3.63, 3.8) is 0 Å². The number of aromatic nitrogens is 3. The van der Waals surface area contributed by atoms with Gasteiger partial charge in [0.2, 0.25) is 0 Å². The minimum Gasteiger partial charge on any atom is -0.478 e. The van der Waals surface area contributed by atoms with Gasteiger partial charge in [-0.1, -0.05) is 0 Å². The highest BCUT2D eigenvalue weighted by molar-refractivity contribution is 5.91. The SMILES string of the molecule is Cc1nn(-c2nc(C(F)(F)F)ccc2C(=O)O)c(C)c1C. The molecule has 0 aliphatic rings. The van der Waals surface area contributed by atoms with Crippen molar-refractivity contribution in [2.75, 3.05) is 0 Å². The van der Waals surface area contributed by atoms with Crippen LogP contribution >= 0.6 is 0 Å². The van der Waals surface area contributed by atoms with Gasteiger partial charge in [0.1, 0.15) is 11.3 Å². The average molecular weight is 299 g/mol. The number of carboxylic acids is 1. The topological polar surface area (TPSA) is 68.0 Å². The van der Waals surface area contributed by atoms with E-state index in [2.05, 4.69) is 10.1 Å². The van der Waals surface area contributed by atoms with Crippen molar-refractivity contribution in [3.8, 4) is 5.82 Å². The van der Waals surface area contributed by atoms with E-state index in [1.807, 2.05) is 0 Å². The van der Waals surface area contributed by atoms with Crippen molar-refractivity contribution < 1.29 is 23.1 Å². The third kappa shape index (κ3) is 2.61. The molecule has 0 saturated carbocycles. The quantitative estimate of drug-likeness (QED) is 0.925. The molecule has 5 nitrogen and oxygen atoms in total. The fourth-order valence-electron chi connectivity index (χ4n) is 1.86. The molecule has 0 aromatic carbocycles. The van der Waals surface area contributed by atoms with E-state index in [1.165, 1.54) is 0 Å². The smallest absolute Gasteiger partial charge is 0.433 e. The van der Waals surface area contributed by atoms with Gasteiger partial charge in [-0.3, -0.25) is 0 Å². The van der Waals surface area contributed by atoms with Gasteiger partial charge in [-0.05, 0) is 38.5 Å². The van der Waals surface area contributed by atoms with Gasteiger partial charge in [-0.2, -0.15) is 18.3 Å². The Kier molecular flexibility index (Phi) is 3.48. The van der Waals surface area contributed by atoms with Crippen LogP contribution in [0.4, 0.5) is 13.2 Å². The maximum atomic E-state index is 12.8. The summed E-state index contributed by atoms with van der Waals surface area (Å²) in [5.41, 5.74) is 0.414. The van der Waals surface area contributed by atoms with Crippen LogP contribution < -0.4 is 0 Å². The number of aryl methyl sites for hydroxylation is 1. The number of nitrogens with zero attached hydrogens (tertiary/aromatic N) is 3. The molecule has 0 aliphatic heterocycles. The molecule has 1 N–H and O–H groups in total. The lowest BCUT2D eigenvalue weighted by Gasteiger charge is -2.11. The van der Waals surface area contributed by atoms with E-state index in [-0.39, 0.29) is 11.4 Å². The molecule has 0 bridgehead atoms. The summed E-state index contributed by atoms with van der Waals surface area (Å²) in [4.78, 5) is 14.6. The number of hydrogen-bond acceptors (Lipinski definition) is 3. The van der Waals surface area contributed by atoms with Gasteiger partial charge < -0.3 is 5.11 Å². The molecule has 0 fully saturated rings. The third-order valence-corrected chi connectivity index (χ3v) is 3.25. The Balaban J connectivity index is 2.75. The molecule has 2 heterocycles. The number of alkyl halides is 3. The van der Waals surface area contributed by atoms with Crippen LogP contribution in [0.1, 0.15) is 33.0 Å². The number of carboxylic acid groups (broad SMARTS) is 1. The van der Waals surface area contributed by atoms with Crippen LogP contribution in [0.15, 0.2) is 12.1 Å². The van der Waals surface area contributed by atoms with Crippen LogP contribution in [-0.4, -0.2) is 25.8 Å². The lowest BCUT2D eigenvalue weighted by atomic mass is 10.2. The minimum atomic E-state index is -4.66. The van der Waals surface area contributed by atoms with Crippen molar-refractivity contribution >= 4 is 5.97 Å². The summed E-state index contributed by atoms with van der Waals surface area (Å²) in [5.74, 6) is -1.71. The summed E-state index contributed by atoms with van der Waals surface area (Å²) < 4.78 is 39.4. The second-order valence-corrected chi connectivity index (χ2v) is 4.58. The lowest BCUT2D eigenvalue weighted by molar-refractivity contribution is -0.141. The van der Waals surface area contributed by atoms with Crippen LogP contribution in [0.25, 0.3) is 5.82 Å². The molecule has 2 aromatic heterocycles. The minimum absolute atomic E-state index is 0.339. The molecule has 0 amide bonds.